The van der Waals surface area contributed by atoms with Crippen LogP contribution < -0.4 is 0 Å². The molecule has 0 saturated carbocycles. The van der Waals surface area contributed by atoms with Crippen LogP contribution in [0.3, 0.4) is 0 Å². The molecule has 0 spiro atoms. The van der Waals surface area contributed by atoms with Crippen LogP contribution in [0.1, 0.15) is 25.6 Å². The minimum absolute atomic E-state index is 0.443. The molecule has 0 aliphatic carbocycles. The van der Waals surface area contributed by atoms with Gasteiger partial charge in [0.15, 0.2) is 0 Å². The number of hydrogen-bond acceptors (Lipinski definition) is 3. The second-order valence-corrected chi connectivity index (χ2v) is 5.01. The van der Waals surface area contributed by atoms with E-state index in [-0.39, 0.29) is 0 Å². The van der Waals surface area contributed by atoms with E-state index in [1.165, 1.54) is 0 Å². The summed E-state index contributed by atoms with van der Waals surface area (Å²) in [6, 6.07) is 0. The molecule has 1 aromatic rings. The van der Waals surface area contributed by atoms with E-state index < -0.39 is 5.60 Å². The zero-order valence-electron chi connectivity index (χ0n) is 10.2. The Kier molecular flexibility index (Phi) is 3.30. The van der Waals surface area contributed by atoms with Crippen molar-refractivity contribution in [1.29, 1.82) is 0 Å². The summed E-state index contributed by atoms with van der Waals surface area (Å²) in [5.74, 6) is 1.07. The Morgan fingerprint density at radius 1 is 1.38 bits per heavy atom. The third-order valence-corrected chi connectivity index (χ3v) is 3.51. The second kappa shape index (κ2) is 4.55. The van der Waals surface area contributed by atoms with Gasteiger partial charge >= 0.3 is 0 Å². The molecular formula is C12H21N3O. The Morgan fingerprint density at radius 2 is 2.06 bits per heavy atom. The fourth-order valence-corrected chi connectivity index (χ4v) is 2.15. The maximum absolute atomic E-state index is 9.85. The van der Waals surface area contributed by atoms with Gasteiger partial charge in [0.05, 0.1) is 5.60 Å². The summed E-state index contributed by atoms with van der Waals surface area (Å²) in [5.41, 5.74) is -0.443. The molecule has 2 heterocycles. The highest BCUT2D eigenvalue weighted by Crippen LogP contribution is 2.20. The summed E-state index contributed by atoms with van der Waals surface area (Å²) in [4.78, 5) is 6.62. The van der Waals surface area contributed by atoms with Crippen molar-refractivity contribution in [2.45, 2.75) is 38.8 Å². The molecule has 0 amide bonds. The van der Waals surface area contributed by atoms with Crippen LogP contribution in [-0.4, -0.2) is 44.8 Å². The molecule has 1 saturated heterocycles. The highest BCUT2D eigenvalue weighted by Gasteiger charge is 2.26. The highest BCUT2D eigenvalue weighted by atomic mass is 16.3. The van der Waals surface area contributed by atoms with Gasteiger partial charge in [0.2, 0.25) is 0 Å². The summed E-state index contributed by atoms with van der Waals surface area (Å²) in [6.07, 6.45) is 5.64. The van der Waals surface area contributed by atoms with Crippen molar-refractivity contribution in [2.75, 3.05) is 19.6 Å². The van der Waals surface area contributed by atoms with Crippen molar-refractivity contribution in [2.24, 2.45) is 0 Å². The summed E-state index contributed by atoms with van der Waals surface area (Å²) >= 11 is 0. The van der Waals surface area contributed by atoms with E-state index in [4.69, 9.17) is 0 Å². The average Bonchev–Trinajstić information content (AvgIpc) is 2.63. The molecule has 0 bridgehead atoms. The number of imidazole rings is 1. The first-order valence-corrected chi connectivity index (χ1v) is 5.99. The summed E-state index contributed by atoms with van der Waals surface area (Å²) in [7, 11) is 0. The van der Waals surface area contributed by atoms with E-state index in [1.807, 2.05) is 26.2 Å². The fraction of sp³-hybridized carbons (Fsp3) is 0.750. The van der Waals surface area contributed by atoms with Gasteiger partial charge in [0, 0.05) is 38.6 Å². The molecule has 4 heteroatoms. The Bertz CT molecular complexity index is 336. The van der Waals surface area contributed by atoms with Gasteiger partial charge < -0.3 is 14.6 Å². The van der Waals surface area contributed by atoms with Gasteiger partial charge in [0.1, 0.15) is 5.82 Å². The Labute approximate surface area is 96.9 Å². The van der Waals surface area contributed by atoms with Crippen molar-refractivity contribution in [3.63, 3.8) is 0 Å². The normalized spacial score (nSPS) is 21.2. The Hall–Kier alpha value is -0.870. The lowest BCUT2D eigenvalue weighted by Gasteiger charge is -2.35. The van der Waals surface area contributed by atoms with Gasteiger partial charge in [-0.05, 0) is 26.7 Å². The molecule has 0 aromatic carbocycles. The summed E-state index contributed by atoms with van der Waals surface area (Å²) in [5, 5.41) is 9.85. The van der Waals surface area contributed by atoms with Crippen molar-refractivity contribution < 1.29 is 5.11 Å². The molecular weight excluding hydrogens is 202 g/mol. The number of aryl methyl sites for hydroxylation is 1. The largest absolute Gasteiger partial charge is 0.390 e. The first-order chi connectivity index (χ1) is 7.57. The standard InChI is InChI=1S/C12H21N3O/c1-11-13-5-8-15(11)10-9-14-6-3-12(2,16)4-7-14/h5,8,16H,3-4,6-7,9-10H2,1-2H3. The molecule has 1 aromatic heterocycles. The first kappa shape index (κ1) is 11.6. The third kappa shape index (κ3) is 2.83. The van der Waals surface area contributed by atoms with Gasteiger partial charge in [-0.25, -0.2) is 4.98 Å². The van der Waals surface area contributed by atoms with Crippen molar-refractivity contribution in [1.82, 2.24) is 14.5 Å². The zero-order chi connectivity index (χ0) is 11.6. The van der Waals surface area contributed by atoms with Crippen LogP contribution in [0.25, 0.3) is 0 Å². The number of hydrogen-bond donors (Lipinski definition) is 1. The van der Waals surface area contributed by atoms with E-state index in [0.717, 1.165) is 44.8 Å². The van der Waals surface area contributed by atoms with Gasteiger partial charge in [-0.2, -0.15) is 0 Å². The summed E-state index contributed by atoms with van der Waals surface area (Å²) < 4.78 is 2.17. The number of piperidine rings is 1. The topological polar surface area (TPSA) is 41.3 Å². The number of likely N-dealkylation sites (tertiary alicyclic amines) is 1. The molecule has 2 rings (SSSR count). The SMILES string of the molecule is Cc1nccn1CCN1CCC(C)(O)CC1. The lowest BCUT2D eigenvalue weighted by molar-refractivity contribution is -0.00593. The maximum atomic E-state index is 9.85. The van der Waals surface area contributed by atoms with Crippen LogP contribution in [0.4, 0.5) is 0 Å². The lowest BCUT2D eigenvalue weighted by Crippen LogP contribution is -2.43. The smallest absolute Gasteiger partial charge is 0.105 e. The summed E-state index contributed by atoms with van der Waals surface area (Å²) in [6.45, 7) is 8.01. The predicted octanol–water partition coefficient (Wildman–Crippen LogP) is 1.04. The van der Waals surface area contributed by atoms with Crippen molar-refractivity contribution in [3.8, 4) is 0 Å². The van der Waals surface area contributed by atoms with E-state index in [2.05, 4.69) is 14.5 Å². The van der Waals surface area contributed by atoms with Gasteiger partial charge in [-0.1, -0.05) is 0 Å². The van der Waals surface area contributed by atoms with Crippen LogP contribution in [0.15, 0.2) is 12.4 Å². The predicted molar refractivity (Wildman–Crippen MR) is 63.3 cm³/mol. The first-order valence-electron chi connectivity index (χ1n) is 5.99. The third-order valence-electron chi connectivity index (χ3n) is 3.51. The molecule has 0 unspecified atom stereocenters. The maximum Gasteiger partial charge on any atom is 0.105 e. The molecule has 16 heavy (non-hydrogen) atoms. The van der Waals surface area contributed by atoms with Gasteiger partial charge in [-0.15, -0.1) is 0 Å². The lowest BCUT2D eigenvalue weighted by atomic mass is 9.94. The zero-order valence-corrected chi connectivity index (χ0v) is 10.2. The van der Waals surface area contributed by atoms with E-state index in [1.54, 1.807) is 0 Å². The molecule has 1 fully saturated rings. The minimum atomic E-state index is -0.443. The van der Waals surface area contributed by atoms with Crippen molar-refractivity contribution in [3.05, 3.63) is 18.2 Å². The van der Waals surface area contributed by atoms with Crippen molar-refractivity contribution >= 4 is 0 Å². The monoisotopic (exact) mass is 223 g/mol. The highest BCUT2D eigenvalue weighted by molar-refractivity contribution is 4.89. The average molecular weight is 223 g/mol. The van der Waals surface area contributed by atoms with Crippen LogP contribution in [-0.2, 0) is 6.54 Å². The second-order valence-electron chi connectivity index (χ2n) is 5.01. The molecule has 1 N–H and O–H groups in total. The molecule has 90 valence electrons. The van der Waals surface area contributed by atoms with E-state index in [0.29, 0.717) is 0 Å². The van der Waals surface area contributed by atoms with Crippen LogP contribution >= 0.6 is 0 Å². The molecule has 1 aliphatic heterocycles. The van der Waals surface area contributed by atoms with E-state index in [9.17, 15) is 5.11 Å². The van der Waals surface area contributed by atoms with E-state index >= 15 is 0 Å². The number of nitrogens with zero attached hydrogens (tertiary/aromatic N) is 3. The number of rotatable bonds is 3. The van der Waals surface area contributed by atoms with Gasteiger partial charge in [0.25, 0.3) is 0 Å². The number of aliphatic hydroxyl groups is 1. The molecule has 0 radical (unpaired) electrons. The van der Waals surface area contributed by atoms with Crippen LogP contribution in [0, 0.1) is 6.92 Å². The fourth-order valence-electron chi connectivity index (χ4n) is 2.15. The minimum Gasteiger partial charge on any atom is -0.390 e. The quantitative estimate of drug-likeness (QED) is 0.832. The van der Waals surface area contributed by atoms with Crippen LogP contribution in [0.2, 0.25) is 0 Å². The molecule has 0 atom stereocenters. The molecule has 4 nitrogen and oxygen atoms in total. The Balaban J connectivity index is 1.78. The molecule has 1 aliphatic rings. The Morgan fingerprint density at radius 3 is 2.62 bits per heavy atom. The van der Waals surface area contributed by atoms with Gasteiger partial charge in [-0.3, -0.25) is 0 Å². The number of aromatic nitrogens is 2. The van der Waals surface area contributed by atoms with Crippen LogP contribution in [0.5, 0.6) is 0 Å².